The predicted octanol–water partition coefficient (Wildman–Crippen LogP) is 0.767. The molecule has 0 unspecified atom stereocenters. The average Bonchev–Trinajstić information content (AvgIpc) is 2.62. The lowest BCUT2D eigenvalue weighted by Crippen LogP contribution is -2.29. The summed E-state index contributed by atoms with van der Waals surface area (Å²) in [5, 5.41) is 21.6. The maximum atomic E-state index is 11.4. The SMILES string of the molecule is C[C@@H](O)CNC(=O)c1ccc([N+](=O)[O-])s1. The van der Waals surface area contributed by atoms with Gasteiger partial charge in [0.05, 0.1) is 15.9 Å². The van der Waals surface area contributed by atoms with E-state index in [1.54, 1.807) is 0 Å². The molecule has 1 amide bonds. The summed E-state index contributed by atoms with van der Waals surface area (Å²) in [5.74, 6) is -0.408. The zero-order valence-corrected chi connectivity index (χ0v) is 8.78. The van der Waals surface area contributed by atoms with E-state index in [1.165, 1.54) is 19.1 Å². The number of aliphatic hydroxyl groups is 1. The van der Waals surface area contributed by atoms with E-state index in [-0.39, 0.29) is 16.4 Å². The molecular weight excluding hydrogens is 220 g/mol. The smallest absolute Gasteiger partial charge is 0.324 e. The molecule has 1 aromatic heterocycles. The zero-order chi connectivity index (χ0) is 11.4. The molecule has 6 nitrogen and oxygen atoms in total. The molecule has 2 N–H and O–H groups in total. The first-order chi connectivity index (χ1) is 7.00. The molecule has 82 valence electrons. The van der Waals surface area contributed by atoms with E-state index in [1.807, 2.05) is 0 Å². The number of aliphatic hydroxyl groups excluding tert-OH is 1. The lowest BCUT2D eigenvalue weighted by molar-refractivity contribution is -0.380. The van der Waals surface area contributed by atoms with Crippen molar-refractivity contribution in [3.63, 3.8) is 0 Å². The van der Waals surface area contributed by atoms with Gasteiger partial charge in [0.1, 0.15) is 0 Å². The molecule has 0 aliphatic carbocycles. The third-order valence-corrected chi connectivity index (χ3v) is 2.59. The Morgan fingerprint density at radius 2 is 2.40 bits per heavy atom. The number of carbonyl (C=O) groups excluding carboxylic acids is 1. The standard InChI is InChI=1S/C8H10N2O4S/c1-5(11)4-9-8(12)6-2-3-7(15-6)10(13)14/h2-3,5,11H,4H2,1H3,(H,9,12)/t5-/m1/s1. The maximum absolute atomic E-state index is 11.4. The molecule has 0 saturated heterocycles. The summed E-state index contributed by atoms with van der Waals surface area (Å²) in [6, 6.07) is 2.67. The topological polar surface area (TPSA) is 92.5 Å². The first-order valence-corrected chi connectivity index (χ1v) is 5.03. The van der Waals surface area contributed by atoms with Gasteiger partial charge in [-0.3, -0.25) is 14.9 Å². The molecule has 1 heterocycles. The van der Waals surface area contributed by atoms with Crippen LogP contribution in [-0.2, 0) is 0 Å². The minimum Gasteiger partial charge on any atom is -0.392 e. The van der Waals surface area contributed by atoms with Crippen molar-refractivity contribution in [2.24, 2.45) is 0 Å². The van der Waals surface area contributed by atoms with Crippen LogP contribution in [0.1, 0.15) is 16.6 Å². The van der Waals surface area contributed by atoms with Crippen molar-refractivity contribution in [2.45, 2.75) is 13.0 Å². The third kappa shape index (κ3) is 3.30. The van der Waals surface area contributed by atoms with Gasteiger partial charge in [-0.1, -0.05) is 11.3 Å². The van der Waals surface area contributed by atoms with Gasteiger partial charge in [-0.25, -0.2) is 0 Å². The molecule has 1 atom stereocenters. The van der Waals surface area contributed by atoms with Crippen LogP contribution in [0.4, 0.5) is 5.00 Å². The summed E-state index contributed by atoms with van der Waals surface area (Å²) in [7, 11) is 0. The molecule has 0 radical (unpaired) electrons. The Morgan fingerprint density at radius 3 is 2.87 bits per heavy atom. The Bertz CT molecular complexity index is 374. The second kappa shape index (κ2) is 4.85. The van der Waals surface area contributed by atoms with Crippen molar-refractivity contribution in [1.29, 1.82) is 0 Å². The number of nitro groups is 1. The molecule has 0 bridgehead atoms. The second-order valence-corrected chi connectivity index (χ2v) is 4.02. The highest BCUT2D eigenvalue weighted by atomic mass is 32.1. The van der Waals surface area contributed by atoms with E-state index in [0.29, 0.717) is 0 Å². The number of nitrogens with zero attached hydrogens (tertiary/aromatic N) is 1. The van der Waals surface area contributed by atoms with Gasteiger partial charge in [0.25, 0.3) is 5.91 Å². The molecule has 0 aliphatic rings. The Morgan fingerprint density at radius 1 is 1.73 bits per heavy atom. The van der Waals surface area contributed by atoms with E-state index in [0.717, 1.165) is 11.3 Å². The quantitative estimate of drug-likeness (QED) is 0.590. The molecule has 0 saturated carbocycles. The minimum atomic E-state index is -0.635. The predicted molar refractivity (Wildman–Crippen MR) is 55.0 cm³/mol. The number of thiophene rings is 1. The number of hydrogen-bond acceptors (Lipinski definition) is 5. The van der Waals surface area contributed by atoms with Crippen molar-refractivity contribution in [2.75, 3.05) is 6.54 Å². The molecule has 1 aromatic rings. The molecule has 0 spiro atoms. The van der Waals surface area contributed by atoms with E-state index < -0.39 is 16.9 Å². The minimum absolute atomic E-state index is 0.0720. The lowest BCUT2D eigenvalue weighted by Gasteiger charge is -2.04. The van der Waals surface area contributed by atoms with E-state index in [2.05, 4.69) is 5.32 Å². The number of hydrogen-bond donors (Lipinski definition) is 2. The Hall–Kier alpha value is -1.47. The fraction of sp³-hybridized carbons (Fsp3) is 0.375. The van der Waals surface area contributed by atoms with Crippen LogP contribution in [0.3, 0.4) is 0 Å². The highest BCUT2D eigenvalue weighted by Crippen LogP contribution is 2.23. The van der Waals surface area contributed by atoms with Gasteiger partial charge in [0.15, 0.2) is 0 Å². The van der Waals surface area contributed by atoms with Crippen LogP contribution >= 0.6 is 11.3 Å². The van der Waals surface area contributed by atoms with Crippen molar-refractivity contribution in [1.82, 2.24) is 5.32 Å². The van der Waals surface area contributed by atoms with Crippen LogP contribution in [0.25, 0.3) is 0 Å². The van der Waals surface area contributed by atoms with Crippen LogP contribution in [0.2, 0.25) is 0 Å². The third-order valence-electron chi connectivity index (χ3n) is 1.55. The van der Waals surface area contributed by atoms with Crippen LogP contribution in [0, 0.1) is 10.1 Å². The van der Waals surface area contributed by atoms with Crippen molar-refractivity contribution in [3.05, 3.63) is 27.1 Å². The summed E-state index contributed by atoms with van der Waals surface area (Å²) in [5.41, 5.74) is 0. The Kier molecular flexibility index (Phi) is 3.75. The first-order valence-electron chi connectivity index (χ1n) is 4.21. The molecule has 7 heteroatoms. The molecule has 1 rings (SSSR count). The van der Waals surface area contributed by atoms with Gasteiger partial charge in [-0.05, 0) is 13.0 Å². The largest absolute Gasteiger partial charge is 0.392 e. The molecule has 0 aliphatic heterocycles. The van der Waals surface area contributed by atoms with Gasteiger partial charge >= 0.3 is 5.00 Å². The van der Waals surface area contributed by atoms with Gasteiger partial charge in [-0.2, -0.15) is 0 Å². The number of carbonyl (C=O) groups is 1. The zero-order valence-electron chi connectivity index (χ0n) is 7.97. The summed E-state index contributed by atoms with van der Waals surface area (Å²) in [6.07, 6.45) is -0.635. The molecule has 0 aromatic carbocycles. The van der Waals surface area contributed by atoms with Crippen LogP contribution in [-0.4, -0.2) is 28.6 Å². The second-order valence-electron chi connectivity index (χ2n) is 2.95. The Balaban J connectivity index is 2.62. The molecule has 0 fully saturated rings. The lowest BCUT2D eigenvalue weighted by atomic mass is 10.4. The van der Waals surface area contributed by atoms with Gasteiger partial charge in [-0.15, -0.1) is 0 Å². The highest BCUT2D eigenvalue weighted by Gasteiger charge is 2.14. The van der Waals surface area contributed by atoms with Crippen LogP contribution < -0.4 is 5.32 Å². The van der Waals surface area contributed by atoms with Gasteiger partial charge < -0.3 is 10.4 Å². The molecular formula is C8H10N2O4S. The van der Waals surface area contributed by atoms with Crippen LogP contribution in [0.15, 0.2) is 12.1 Å². The number of nitrogens with one attached hydrogen (secondary N) is 1. The van der Waals surface area contributed by atoms with Gasteiger partial charge in [0, 0.05) is 12.6 Å². The first kappa shape index (κ1) is 11.6. The van der Waals surface area contributed by atoms with E-state index in [4.69, 9.17) is 5.11 Å². The summed E-state index contributed by atoms with van der Waals surface area (Å²) in [6.45, 7) is 1.67. The summed E-state index contributed by atoms with van der Waals surface area (Å²) in [4.78, 5) is 21.4. The highest BCUT2D eigenvalue weighted by molar-refractivity contribution is 7.17. The van der Waals surface area contributed by atoms with E-state index in [9.17, 15) is 14.9 Å². The van der Waals surface area contributed by atoms with E-state index >= 15 is 0 Å². The number of amides is 1. The van der Waals surface area contributed by atoms with Crippen molar-refractivity contribution in [3.8, 4) is 0 Å². The fourth-order valence-electron chi connectivity index (χ4n) is 0.875. The van der Waals surface area contributed by atoms with Gasteiger partial charge in [0.2, 0.25) is 0 Å². The van der Waals surface area contributed by atoms with Crippen molar-refractivity contribution >= 4 is 22.2 Å². The molecule has 15 heavy (non-hydrogen) atoms. The fourth-order valence-corrected chi connectivity index (χ4v) is 1.61. The Labute approximate surface area is 89.7 Å². The monoisotopic (exact) mass is 230 g/mol. The summed E-state index contributed by atoms with van der Waals surface area (Å²) >= 11 is 0.808. The van der Waals surface area contributed by atoms with Crippen molar-refractivity contribution < 1.29 is 14.8 Å². The maximum Gasteiger partial charge on any atom is 0.324 e. The average molecular weight is 230 g/mol. The summed E-state index contributed by atoms with van der Waals surface area (Å²) < 4.78 is 0. The number of rotatable bonds is 4. The normalized spacial score (nSPS) is 12.1. The van der Waals surface area contributed by atoms with Crippen LogP contribution in [0.5, 0.6) is 0 Å².